The number of carbonyl (C=O) groups is 5. The van der Waals surface area contributed by atoms with Gasteiger partial charge in [0.2, 0.25) is 5.91 Å². The predicted molar refractivity (Wildman–Crippen MR) is 227 cm³/mol. The van der Waals surface area contributed by atoms with Gasteiger partial charge in [-0.2, -0.15) is 5.26 Å². The number of carbonyl (C=O) groups excluding carboxylic acids is 5. The highest BCUT2D eigenvalue weighted by molar-refractivity contribution is 5.91. The summed E-state index contributed by atoms with van der Waals surface area (Å²) >= 11 is 0. The number of hydrogen-bond donors (Lipinski definition) is 3. The van der Waals surface area contributed by atoms with Crippen LogP contribution < -0.4 is 16.5 Å². The highest BCUT2D eigenvalue weighted by Crippen LogP contribution is 2.32. The molecule has 2 amide bonds. The van der Waals surface area contributed by atoms with Crippen LogP contribution in [0.5, 0.6) is 0 Å². The molecule has 2 unspecified atom stereocenters. The molecule has 0 saturated carbocycles. The molecule has 316 valence electrons. The Morgan fingerprint density at radius 1 is 1.10 bits per heavy atom. The van der Waals surface area contributed by atoms with Crippen LogP contribution in [0.25, 0.3) is 22.0 Å². The monoisotopic (exact) mass is 800 g/mol. The number of ether oxygens (including phenoxy) is 1. The van der Waals surface area contributed by atoms with Crippen LogP contribution in [0.1, 0.15) is 71.9 Å². The minimum absolute atomic E-state index is 0.0514. The molecule has 5 rings (SSSR count). The molecule has 14 heteroatoms. The number of fused-ring (bicyclic) bond motifs is 1. The number of nitrogens with one attached hydrogen (secondary N) is 2. The fourth-order valence-corrected chi connectivity index (χ4v) is 7.22. The Morgan fingerprint density at radius 2 is 1.79 bits per heavy atom. The Balaban J connectivity index is 0.000000711. The second-order valence-corrected chi connectivity index (χ2v) is 16.6. The van der Waals surface area contributed by atoms with E-state index in [4.69, 9.17) is 10.5 Å². The van der Waals surface area contributed by atoms with Crippen LogP contribution in [0.3, 0.4) is 0 Å². The van der Waals surface area contributed by atoms with E-state index in [1.807, 2.05) is 108 Å². The maximum atomic E-state index is 13.8. The first kappa shape index (κ1) is 47.3. The molecule has 0 aliphatic carbocycles. The number of hydrogen-bond acceptors (Lipinski definition) is 11. The van der Waals surface area contributed by atoms with Crippen molar-refractivity contribution < 1.29 is 28.7 Å². The number of hydrazine groups is 1. The van der Waals surface area contributed by atoms with E-state index in [0.29, 0.717) is 43.2 Å². The number of likely N-dealkylation sites (tertiary alicyclic amines) is 1. The highest BCUT2D eigenvalue weighted by atomic mass is 16.5. The molecule has 1 aromatic heterocycles. The lowest BCUT2D eigenvalue weighted by Gasteiger charge is -2.33. The zero-order valence-electron chi connectivity index (χ0n) is 35.8. The number of rotatable bonds is 14. The summed E-state index contributed by atoms with van der Waals surface area (Å²) in [5, 5.41) is 15.4. The van der Waals surface area contributed by atoms with E-state index in [2.05, 4.69) is 21.7 Å². The minimum atomic E-state index is -0.790. The molecule has 58 heavy (non-hydrogen) atoms. The number of aromatic nitrogens is 1. The lowest BCUT2D eigenvalue weighted by atomic mass is 9.94. The lowest BCUT2D eigenvalue weighted by Crippen LogP contribution is -2.58. The van der Waals surface area contributed by atoms with Gasteiger partial charge in [-0.15, -0.1) is 0 Å². The van der Waals surface area contributed by atoms with Gasteiger partial charge < -0.3 is 34.8 Å². The van der Waals surface area contributed by atoms with E-state index in [1.165, 1.54) is 6.92 Å². The van der Waals surface area contributed by atoms with E-state index in [9.17, 15) is 29.2 Å². The Bertz CT molecular complexity index is 1900. The van der Waals surface area contributed by atoms with Crippen molar-refractivity contribution in [3.8, 4) is 17.2 Å². The molecular weight excluding hydrogens is 737 g/mol. The fourth-order valence-electron chi connectivity index (χ4n) is 7.22. The molecular formula is C44H64N8O6. The summed E-state index contributed by atoms with van der Waals surface area (Å²) < 4.78 is 7.33. The van der Waals surface area contributed by atoms with E-state index in [-0.39, 0.29) is 42.1 Å². The molecule has 2 atom stereocenters. The van der Waals surface area contributed by atoms with Crippen molar-refractivity contribution in [3.63, 3.8) is 0 Å². The first-order chi connectivity index (χ1) is 27.4. The van der Waals surface area contributed by atoms with Gasteiger partial charge in [0.1, 0.15) is 24.7 Å². The number of nitrogens with zero attached hydrogens (tertiary/aromatic N) is 5. The van der Waals surface area contributed by atoms with E-state index >= 15 is 0 Å². The van der Waals surface area contributed by atoms with Crippen molar-refractivity contribution in [2.45, 2.75) is 85.9 Å². The van der Waals surface area contributed by atoms with Crippen molar-refractivity contribution in [3.05, 3.63) is 53.7 Å². The van der Waals surface area contributed by atoms with Crippen LogP contribution >= 0.6 is 0 Å². The molecule has 2 aromatic carbocycles. The second kappa shape index (κ2) is 22.2. The van der Waals surface area contributed by atoms with Crippen LogP contribution in [0.4, 0.5) is 5.69 Å². The van der Waals surface area contributed by atoms with Gasteiger partial charge in [-0.3, -0.25) is 24.3 Å². The second-order valence-electron chi connectivity index (χ2n) is 16.6. The number of esters is 1. The number of anilines is 1. The largest absolute Gasteiger partial charge is 0.465 e. The zero-order valence-corrected chi connectivity index (χ0v) is 35.8. The van der Waals surface area contributed by atoms with E-state index < -0.39 is 12.1 Å². The minimum Gasteiger partial charge on any atom is -0.465 e. The van der Waals surface area contributed by atoms with Crippen LogP contribution in [0.15, 0.2) is 42.6 Å². The molecule has 2 aliphatic rings. The summed E-state index contributed by atoms with van der Waals surface area (Å²) in [6, 6.07) is 12.8. The molecule has 0 radical (unpaired) electrons. The van der Waals surface area contributed by atoms with E-state index in [0.717, 1.165) is 66.1 Å². The molecule has 2 aliphatic heterocycles. The van der Waals surface area contributed by atoms with Crippen molar-refractivity contribution in [1.82, 2.24) is 30.1 Å². The molecule has 3 aromatic rings. The van der Waals surface area contributed by atoms with Crippen molar-refractivity contribution in [2.24, 2.45) is 17.3 Å². The van der Waals surface area contributed by atoms with Gasteiger partial charge >= 0.3 is 5.97 Å². The van der Waals surface area contributed by atoms with Gasteiger partial charge in [-0.1, -0.05) is 52.8 Å². The fraction of sp³-hybridized carbons (Fsp3) is 0.545. The van der Waals surface area contributed by atoms with Crippen LogP contribution in [0, 0.1) is 28.6 Å². The summed E-state index contributed by atoms with van der Waals surface area (Å²) in [5.74, 6) is -0.315. The third-order valence-corrected chi connectivity index (χ3v) is 9.96. The van der Waals surface area contributed by atoms with Crippen LogP contribution in [-0.2, 0) is 41.7 Å². The molecule has 2 fully saturated rings. The molecule has 0 bridgehead atoms. The number of amides is 2. The molecule has 0 spiro atoms. The van der Waals surface area contributed by atoms with Gasteiger partial charge in [0, 0.05) is 81.1 Å². The number of aldehydes is 2. The normalized spacial score (nSPS) is 15.5. The molecule has 2 saturated heterocycles. The summed E-state index contributed by atoms with van der Waals surface area (Å²) in [5.41, 5.74) is 13.8. The average molecular weight is 801 g/mol. The SMILES string of the molecule is CC(=O)OCC(C)(C)Cn1cc(C#N)c2ccc(-c3cc(N)cc(CC(NC(=O)C(C(C)C)N(C)C)C(=O)N4CCCCN4)c3)cc21.CCC=O.CN1CC(C=O)C1. The summed E-state index contributed by atoms with van der Waals surface area (Å²) in [6.07, 6.45) is 6.52. The number of likely N-dealkylation sites (N-methyl/N-ethyl adjacent to an activating group) is 1. The quantitative estimate of drug-likeness (QED) is 0.119. The number of nitrogens with two attached hydrogens (primary N) is 1. The Morgan fingerprint density at radius 3 is 2.31 bits per heavy atom. The lowest BCUT2D eigenvalue weighted by molar-refractivity contribution is -0.144. The third kappa shape index (κ3) is 13.8. The van der Waals surface area contributed by atoms with Gasteiger partial charge in [0.05, 0.1) is 23.7 Å². The molecule has 4 N–H and O–H groups in total. The first-order valence-electron chi connectivity index (χ1n) is 20.1. The van der Waals surface area contributed by atoms with Crippen molar-refractivity contribution >= 4 is 46.9 Å². The highest BCUT2D eigenvalue weighted by Gasteiger charge is 2.32. The van der Waals surface area contributed by atoms with Crippen LogP contribution in [-0.4, -0.2) is 116 Å². The molecule has 14 nitrogen and oxygen atoms in total. The Kier molecular flexibility index (Phi) is 18.1. The van der Waals surface area contributed by atoms with Crippen molar-refractivity contribution in [1.29, 1.82) is 5.26 Å². The average Bonchev–Trinajstić information content (AvgIpc) is 3.51. The zero-order chi connectivity index (χ0) is 43.2. The van der Waals surface area contributed by atoms with Crippen molar-refractivity contribution in [2.75, 3.05) is 59.7 Å². The Labute approximate surface area is 344 Å². The maximum Gasteiger partial charge on any atom is 0.302 e. The molecule has 3 heterocycles. The van der Waals surface area contributed by atoms with Gasteiger partial charge in [0.25, 0.3) is 5.91 Å². The Hall–Kier alpha value is -5.10. The van der Waals surface area contributed by atoms with Gasteiger partial charge in [-0.05, 0) is 74.8 Å². The first-order valence-corrected chi connectivity index (χ1v) is 20.1. The maximum absolute atomic E-state index is 13.8. The van der Waals surface area contributed by atoms with Gasteiger partial charge in [-0.25, -0.2) is 5.43 Å². The smallest absolute Gasteiger partial charge is 0.302 e. The standard InChI is InChI=1S/C36H49N7O4.C5H9NO.C3H6O/c1-23(2)33(41(6)7)34(45)40-31(35(46)43-13-9-8-12-39-43)16-25-14-27(17-29(38)15-25)26-10-11-30-28(19-37)20-42(32(30)18-26)21-36(4,5)22-47-24(3)44;1-6-2-5(3-6)4-7;1-2-3-4/h10-11,14-15,17-18,20,23,31,33,39H,8-9,12-13,16,21-22,38H2,1-7H3,(H,40,45);4-5H,2-3H2,1H3;3H,2H2,1H3. The van der Waals surface area contributed by atoms with E-state index in [1.54, 1.807) is 5.01 Å². The topological polar surface area (TPSA) is 183 Å². The van der Waals surface area contributed by atoms with Gasteiger partial charge in [0.15, 0.2) is 0 Å². The van der Waals surface area contributed by atoms with Crippen LogP contribution in [0.2, 0.25) is 0 Å². The number of nitriles is 1. The predicted octanol–water partition coefficient (Wildman–Crippen LogP) is 4.43. The number of nitrogen functional groups attached to an aromatic ring is 1. The summed E-state index contributed by atoms with van der Waals surface area (Å²) in [4.78, 5) is 61.8. The number of benzene rings is 2. The summed E-state index contributed by atoms with van der Waals surface area (Å²) in [6.45, 7) is 15.2. The summed E-state index contributed by atoms with van der Waals surface area (Å²) in [7, 11) is 5.75. The third-order valence-electron chi connectivity index (χ3n) is 9.96.